The van der Waals surface area contributed by atoms with Gasteiger partial charge in [0.1, 0.15) is 0 Å². The number of hydrogen-bond donors (Lipinski definition) is 0. The quantitative estimate of drug-likeness (QED) is 0.738. The molecular formula is C21H21N. The maximum Gasteiger partial charge on any atom is 0.0494 e. The van der Waals surface area contributed by atoms with E-state index in [4.69, 9.17) is 0 Å². The summed E-state index contributed by atoms with van der Waals surface area (Å²) in [5.74, 6) is 0. The summed E-state index contributed by atoms with van der Waals surface area (Å²) >= 11 is 0. The van der Waals surface area contributed by atoms with Gasteiger partial charge < -0.3 is 4.57 Å². The minimum atomic E-state index is 1.00. The Balaban J connectivity index is 2.82. The fourth-order valence-corrected chi connectivity index (χ4v) is 2.55. The zero-order valence-electron chi connectivity index (χ0n) is 13.0. The Morgan fingerprint density at radius 2 is 1.59 bits per heavy atom. The number of nitrogens with zero attached hydrogens (tertiary/aromatic N) is 1. The van der Waals surface area contributed by atoms with E-state index in [0.717, 1.165) is 33.0 Å². The van der Waals surface area contributed by atoms with Crippen molar-refractivity contribution in [3.05, 3.63) is 89.1 Å². The van der Waals surface area contributed by atoms with Gasteiger partial charge in [-0.2, -0.15) is 0 Å². The Labute approximate surface area is 132 Å². The molecule has 0 aliphatic carbocycles. The van der Waals surface area contributed by atoms with Crippen LogP contribution in [0.1, 0.15) is 22.5 Å². The summed E-state index contributed by atoms with van der Waals surface area (Å²) in [5, 5.41) is 2.10. The minimum absolute atomic E-state index is 1.00. The fraction of sp³-hybridized carbons (Fsp3) is 0.0476. The van der Waals surface area contributed by atoms with E-state index in [9.17, 15) is 0 Å². The van der Waals surface area contributed by atoms with Gasteiger partial charge in [0.05, 0.1) is 0 Å². The van der Waals surface area contributed by atoms with Crippen LogP contribution < -0.4 is 10.4 Å². The number of allylic oxidation sites excluding steroid dienone is 2. The molecule has 0 fully saturated rings. The highest BCUT2D eigenvalue weighted by atomic mass is 15.0. The van der Waals surface area contributed by atoms with Crippen molar-refractivity contribution in [2.45, 2.75) is 0 Å². The highest BCUT2D eigenvalue weighted by molar-refractivity contribution is 5.78. The lowest BCUT2D eigenvalue weighted by Crippen LogP contribution is -2.22. The normalized spacial score (nSPS) is 11.8. The molecular weight excluding hydrogens is 266 g/mol. The van der Waals surface area contributed by atoms with Crippen molar-refractivity contribution in [2.75, 3.05) is 0 Å². The van der Waals surface area contributed by atoms with Gasteiger partial charge in [-0.05, 0) is 22.6 Å². The molecule has 0 aliphatic heterocycles. The van der Waals surface area contributed by atoms with Crippen LogP contribution in [0.15, 0.2) is 56.2 Å². The monoisotopic (exact) mass is 287 g/mol. The van der Waals surface area contributed by atoms with Gasteiger partial charge in [0.15, 0.2) is 0 Å². The van der Waals surface area contributed by atoms with Crippen molar-refractivity contribution in [1.82, 2.24) is 4.57 Å². The van der Waals surface area contributed by atoms with Crippen molar-refractivity contribution in [3.63, 3.8) is 0 Å². The van der Waals surface area contributed by atoms with Crippen LogP contribution in [0.5, 0.6) is 0 Å². The molecule has 0 spiro atoms. The van der Waals surface area contributed by atoms with Gasteiger partial charge in [-0.1, -0.05) is 74.9 Å². The molecule has 1 heterocycles. The number of hydrogen-bond acceptors (Lipinski definition) is 0. The van der Waals surface area contributed by atoms with Gasteiger partial charge in [-0.15, -0.1) is 0 Å². The molecule has 0 bridgehead atoms. The molecule has 2 aromatic rings. The summed E-state index contributed by atoms with van der Waals surface area (Å²) in [6, 6.07) is 8.08. The lowest BCUT2D eigenvalue weighted by Gasteiger charge is -2.02. The zero-order chi connectivity index (χ0) is 16.1. The second-order valence-corrected chi connectivity index (χ2v) is 5.00. The Morgan fingerprint density at radius 3 is 2.18 bits per heavy atom. The molecule has 0 saturated heterocycles. The molecule has 1 aromatic carbocycles. The Hall–Kier alpha value is -2.80. The van der Waals surface area contributed by atoms with E-state index in [1.165, 1.54) is 0 Å². The van der Waals surface area contributed by atoms with E-state index in [1.807, 2.05) is 49.6 Å². The van der Waals surface area contributed by atoms with Crippen LogP contribution in [-0.2, 0) is 7.05 Å². The molecule has 22 heavy (non-hydrogen) atoms. The minimum Gasteiger partial charge on any atom is -0.344 e. The van der Waals surface area contributed by atoms with Crippen molar-refractivity contribution < 1.29 is 0 Å². The van der Waals surface area contributed by atoms with Crippen molar-refractivity contribution in [2.24, 2.45) is 7.05 Å². The third-order valence-corrected chi connectivity index (χ3v) is 3.71. The summed E-state index contributed by atoms with van der Waals surface area (Å²) in [4.78, 5) is 0. The lowest BCUT2D eigenvalue weighted by molar-refractivity contribution is 0.900. The zero-order valence-corrected chi connectivity index (χ0v) is 13.0. The lowest BCUT2D eigenvalue weighted by atomic mass is 10.1. The average molecular weight is 287 g/mol. The predicted octanol–water partition coefficient (Wildman–Crippen LogP) is 3.75. The van der Waals surface area contributed by atoms with E-state index in [0.29, 0.717) is 0 Å². The third-order valence-electron chi connectivity index (χ3n) is 3.71. The van der Waals surface area contributed by atoms with E-state index in [1.54, 1.807) is 6.08 Å². The molecule has 0 aliphatic rings. The first-order valence-electron chi connectivity index (χ1n) is 7.16. The molecule has 0 atom stereocenters. The van der Waals surface area contributed by atoms with Gasteiger partial charge >= 0.3 is 0 Å². The maximum atomic E-state index is 4.09. The van der Waals surface area contributed by atoms with Crippen LogP contribution in [0.4, 0.5) is 0 Å². The van der Waals surface area contributed by atoms with E-state index >= 15 is 0 Å². The summed E-state index contributed by atoms with van der Waals surface area (Å²) in [6.45, 7) is 15.7. The van der Waals surface area contributed by atoms with Crippen LogP contribution in [0.2, 0.25) is 0 Å². The Morgan fingerprint density at radius 1 is 0.955 bits per heavy atom. The fourth-order valence-electron chi connectivity index (χ4n) is 2.55. The third kappa shape index (κ3) is 2.79. The highest BCUT2D eigenvalue weighted by Gasteiger charge is 2.13. The first-order chi connectivity index (χ1) is 10.6. The summed E-state index contributed by atoms with van der Waals surface area (Å²) in [5.41, 5.74) is 4.31. The number of benzene rings is 1. The second-order valence-electron chi connectivity index (χ2n) is 5.00. The van der Waals surface area contributed by atoms with Crippen molar-refractivity contribution in [3.8, 4) is 0 Å². The summed E-state index contributed by atoms with van der Waals surface area (Å²) in [7, 11) is 2.04. The van der Waals surface area contributed by atoms with Crippen LogP contribution in [0.3, 0.4) is 0 Å². The average Bonchev–Trinajstić information content (AvgIpc) is 2.78. The predicted molar refractivity (Wildman–Crippen MR) is 99.6 cm³/mol. The largest absolute Gasteiger partial charge is 0.344 e. The van der Waals surface area contributed by atoms with Gasteiger partial charge in [-0.25, -0.2) is 0 Å². The molecule has 2 rings (SSSR count). The van der Waals surface area contributed by atoms with E-state index in [2.05, 4.69) is 43.0 Å². The van der Waals surface area contributed by atoms with Crippen LogP contribution in [0, 0.1) is 0 Å². The molecule has 0 amide bonds. The number of rotatable bonds is 5. The Bertz CT molecular complexity index is 860. The molecule has 110 valence electrons. The first-order valence-corrected chi connectivity index (χ1v) is 7.16. The topological polar surface area (TPSA) is 4.93 Å². The smallest absolute Gasteiger partial charge is 0.0494 e. The van der Waals surface area contributed by atoms with Crippen LogP contribution in [0.25, 0.3) is 30.9 Å². The summed E-state index contributed by atoms with van der Waals surface area (Å²) < 4.78 is 2.14. The van der Waals surface area contributed by atoms with Crippen LogP contribution >= 0.6 is 0 Å². The highest BCUT2D eigenvalue weighted by Crippen LogP contribution is 2.26. The molecule has 0 unspecified atom stereocenters. The summed E-state index contributed by atoms with van der Waals surface area (Å²) in [6.07, 6.45) is 11.6. The maximum absolute atomic E-state index is 4.09. The Kier molecular flexibility index (Phi) is 4.80. The molecule has 1 nitrogen and oxygen atoms in total. The van der Waals surface area contributed by atoms with E-state index < -0.39 is 0 Å². The first kappa shape index (κ1) is 15.6. The second kappa shape index (κ2) is 6.77. The molecule has 1 heteroatoms. The van der Waals surface area contributed by atoms with Gasteiger partial charge in [0.2, 0.25) is 0 Å². The van der Waals surface area contributed by atoms with Crippen molar-refractivity contribution >= 4 is 30.9 Å². The SMILES string of the molecule is C=C/C=C\c1c(C=C)c(C=C)c(/C=c2/ccccc2=C)n1C. The molecule has 0 saturated carbocycles. The molecule has 1 aromatic heterocycles. The molecule has 0 radical (unpaired) electrons. The van der Waals surface area contributed by atoms with E-state index in [-0.39, 0.29) is 0 Å². The number of aromatic nitrogens is 1. The van der Waals surface area contributed by atoms with Gasteiger partial charge in [0.25, 0.3) is 0 Å². The van der Waals surface area contributed by atoms with Gasteiger partial charge in [0, 0.05) is 29.6 Å². The molecule has 0 N–H and O–H groups in total. The van der Waals surface area contributed by atoms with Gasteiger partial charge in [-0.3, -0.25) is 0 Å². The standard InChI is InChI=1S/C21H21N/c1-6-9-14-20-18(7-2)19(8-3)21(22(20)5)15-17-13-11-10-12-16(17)4/h6-15H,1-4H2,5H3/b14-9-,17-15-. The van der Waals surface area contributed by atoms with Crippen LogP contribution in [-0.4, -0.2) is 4.57 Å². The van der Waals surface area contributed by atoms with Crippen molar-refractivity contribution in [1.29, 1.82) is 0 Å².